The van der Waals surface area contributed by atoms with Gasteiger partial charge in [-0.2, -0.15) is 0 Å². The molecule has 0 bridgehead atoms. The Morgan fingerprint density at radius 1 is 1.38 bits per heavy atom. The van der Waals surface area contributed by atoms with Crippen LogP contribution < -0.4 is 4.74 Å². The van der Waals surface area contributed by atoms with Crippen molar-refractivity contribution >= 4 is 34.2 Å². The number of imidazole rings is 1. The highest BCUT2D eigenvalue weighted by atomic mass is 35.5. The first-order valence-electron chi connectivity index (χ1n) is 3.59. The fraction of sp³-hybridized carbons (Fsp3) is 0.125. The van der Waals surface area contributed by atoms with E-state index in [1.54, 1.807) is 19.2 Å². The summed E-state index contributed by atoms with van der Waals surface area (Å²) in [4.78, 5) is 6.87. The van der Waals surface area contributed by atoms with Gasteiger partial charge in [0.2, 0.25) is 5.28 Å². The van der Waals surface area contributed by atoms with Gasteiger partial charge in [0.1, 0.15) is 11.3 Å². The second-order valence-electron chi connectivity index (χ2n) is 2.53. The van der Waals surface area contributed by atoms with E-state index in [9.17, 15) is 0 Å². The van der Waals surface area contributed by atoms with Crippen molar-refractivity contribution in [3.63, 3.8) is 0 Å². The van der Waals surface area contributed by atoms with Crippen LogP contribution in [-0.2, 0) is 0 Å². The average Bonchev–Trinajstić information content (AvgIpc) is 2.46. The molecule has 13 heavy (non-hydrogen) atoms. The van der Waals surface area contributed by atoms with Gasteiger partial charge in [0.15, 0.2) is 0 Å². The summed E-state index contributed by atoms with van der Waals surface area (Å²) in [6.45, 7) is 0. The number of H-pyrrole nitrogens is 1. The highest BCUT2D eigenvalue weighted by Crippen LogP contribution is 2.28. The van der Waals surface area contributed by atoms with Crippen LogP contribution in [0.2, 0.25) is 10.3 Å². The van der Waals surface area contributed by atoms with Gasteiger partial charge in [0.05, 0.1) is 17.6 Å². The van der Waals surface area contributed by atoms with Crippen molar-refractivity contribution in [2.75, 3.05) is 7.11 Å². The molecule has 0 radical (unpaired) electrons. The molecule has 2 rings (SSSR count). The predicted octanol–water partition coefficient (Wildman–Crippen LogP) is 2.88. The molecule has 3 nitrogen and oxygen atoms in total. The maximum atomic E-state index is 5.93. The number of aromatic nitrogens is 2. The summed E-state index contributed by atoms with van der Waals surface area (Å²) < 4.78 is 5.04. The number of hydrogen-bond donors (Lipinski definition) is 1. The number of rotatable bonds is 1. The van der Waals surface area contributed by atoms with Crippen LogP contribution in [0.4, 0.5) is 0 Å². The summed E-state index contributed by atoms with van der Waals surface area (Å²) in [7, 11) is 1.58. The van der Waals surface area contributed by atoms with Crippen LogP contribution in [-0.4, -0.2) is 17.1 Å². The Hall–Kier alpha value is -0.930. The van der Waals surface area contributed by atoms with Gasteiger partial charge in [-0.1, -0.05) is 11.6 Å². The number of aromatic amines is 1. The first-order valence-corrected chi connectivity index (χ1v) is 4.35. The second-order valence-corrected chi connectivity index (χ2v) is 3.30. The Kier molecular flexibility index (Phi) is 2.06. The molecule has 0 aliphatic carbocycles. The van der Waals surface area contributed by atoms with Crippen LogP contribution >= 0.6 is 23.2 Å². The molecule has 0 saturated carbocycles. The molecule has 68 valence electrons. The topological polar surface area (TPSA) is 37.9 Å². The minimum absolute atomic E-state index is 0.324. The van der Waals surface area contributed by atoms with Gasteiger partial charge in [0.25, 0.3) is 0 Å². The minimum Gasteiger partial charge on any atom is -0.497 e. The fourth-order valence-electron chi connectivity index (χ4n) is 1.14. The Morgan fingerprint density at radius 2 is 2.15 bits per heavy atom. The zero-order valence-electron chi connectivity index (χ0n) is 6.77. The quantitative estimate of drug-likeness (QED) is 0.797. The standard InChI is InChI=1S/C8H6Cl2N2O/c1-13-4-2-5(9)7-6(3-4)11-8(10)12-7/h2-3H,1H3,(H,11,12). The Balaban J connectivity index is 2.75. The molecule has 0 saturated heterocycles. The van der Waals surface area contributed by atoms with Crippen LogP contribution in [0.25, 0.3) is 11.0 Å². The molecule has 1 N–H and O–H groups in total. The molecule has 5 heteroatoms. The molecular weight excluding hydrogens is 211 g/mol. The van der Waals surface area contributed by atoms with Crippen molar-refractivity contribution in [1.82, 2.24) is 9.97 Å². The van der Waals surface area contributed by atoms with E-state index in [0.717, 1.165) is 5.52 Å². The lowest BCUT2D eigenvalue weighted by Gasteiger charge is -1.99. The largest absolute Gasteiger partial charge is 0.497 e. The highest BCUT2D eigenvalue weighted by Gasteiger charge is 2.06. The lowest BCUT2D eigenvalue weighted by Crippen LogP contribution is -1.82. The number of nitrogens with zero attached hydrogens (tertiary/aromatic N) is 1. The highest BCUT2D eigenvalue weighted by molar-refractivity contribution is 6.36. The summed E-state index contributed by atoms with van der Waals surface area (Å²) in [5.74, 6) is 0.679. The van der Waals surface area contributed by atoms with Gasteiger partial charge in [-0.15, -0.1) is 0 Å². The maximum absolute atomic E-state index is 5.93. The number of halogens is 2. The lowest BCUT2D eigenvalue weighted by molar-refractivity contribution is 0.415. The molecule has 2 aromatic rings. The van der Waals surface area contributed by atoms with E-state index in [1.165, 1.54) is 0 Å². The smallest absolute Gasteiger partial charge is 0.201 e. The van der Waals surface area contributed by atoms with Crippen molar-refractivity contribution in [3.8, 4) is 5.75 Å². The normalized spacial score (nSPS) is 10.7. The maximum Gasteiger partial charge on any atom is 0.201 e. The third-order valence-electron chi connectivity index (χ3n) is 1.72. The molecule has 1 heterocycles. The molecule has 0 spiro atoms. The summed E-state index contributed by atoms with van der Waals surface area (Å²) in [5.41, 5.74) is 1.43. The minimum atomic E-state index is 0.324. The van der Waals surface area contributed by atoms with Crippen molar-refractivity contribution in [3.05, 3.63) is 22.4 Å². The van der Waals surface area contributed by atoms with Gasteiger partial charge < -0.3 is 9.72 Å². The van der Waals surface area contributed by atoms with Crippen molar-refractivity contribution in [1.29, 1.82) is 0 Å². The van der Waals surface area contributed by atoms with Gasteiger partial charge in [-0.25, -0.2) is 4.98 Å². The van der Waals surface area contributed by atoms with Gasteiger partial charge in [0, 0.05) is 12.1 Å². The number of methoxy groups -OCH3 is 1. The van der Waals surface area contributed by atoms with Crippen LogP contribution in [0.5, 0.6) is 5.75 Å². The van der Waals surface area contributed by atoms with Gasteiger partial charge in [-0.05, 0) is 11.6 Å². The molecular formula is C8H6Cl2N2O. The Labute approximate surface area is 84.6 Å². The number of ether oxygens (including phenoxy) is 1. The molecule has 0 aliphatic rings. The summed E-state index contributed by atoms with van der Waals surface area (Å²) in [6.07, 6.45) is 0. The molecule has 1 aromatic heterocycles. The first-order chi connectivity index (χ1) is 6.20. The molecule has 0 aliphatic heterocycles. The zero-order chi connectivity index (χ0) is 9.42. The SMILES string of the molecule is COc1cc(Cl)c2nc(Cl)[nH]c2c1. The molecule has 0 atom stereocenters. The summed E-state index contributed by atoms with van der Waals surface area (Å²) >= 11 is 11.6. The van der Waals surface area contributed by atoms with Crippen LogP contribution in [0.1, 0.15) is 0 Å². The molecule has 0 unspecified atom stereocenters. The molecule has 0 fully saturated rings. The number of nitrogens with one attached hydrogen (secondary N) is 1. The number of benzene rings is 1. The third-order valence-corrected chi connectivity index (χ3v) is 2.19. The van der Waals surface area contributed by atoms with E-state index in [2.05, 4.69) is 9.97 Å². The molecule has 0 amide bonds. The third kappa shape index (κ3) is 1.45. The van der Waals surface area contributed by atoms with E-state index < -0.39 is 0 Å². The zero-order valence-corrected chi connectivity index (χ0v) is 8.28. The lowest BCUT2D eigenvalue weighted by atomic mass is 10.3. The van der Waals surface area contributed by atoms with Crippen molar-refractivity contribution in [2.45, 2.75) is 0 Å². The second kappa shape index (κ2) is 3.09. The van der Waals surface area contributed by atoms with Crippen molar-refractivity contribution < 1.29 is 4.74 Å². The monoisotopic (exact) mass is 216 g/mol. The van der Waals surface area contributed by atoms with Crippen LogP contribution in [0, 0.1) is 0 Å². The Morgan fingerprint density at radius 3 is 2.85 bits per heavy atom. The molecule has 1 aromatic carbocycles. The van der Waals surface area contributed by atoms with E-state index in [1.807, 2.05) is 0 Å². The van der Waals surface area contributed by atoms with Crippen LogP contribution in [0.3, 0.4) is 0 Å². The predicted molar refractivity (Wildman–Crippen MR) is 52.7 cm³/mol. The van der Waals surface area contributed by atoms with Crippen LogP contribution in [0.15, 0.2) is 12.1 Å². The number of hydrogen-bond acceptors (Lipinski definition) is 2. The summed E-state index contributed by atoms with van der Waals surface area (Å²) in [6, 6.07) is 3.49. The van der Waals surface area contributed by atoms with Gasteiger partial charge >= 0.3 is 0 Å². The van der Waals surface area contributed by atoms with E-state index in [0.29, 0.717) is 21.6 Å². The average molecular weight is 217 g/mol. The van der Waals surface area contributed by atoms with E-state index >= 15 is 0 Å². The van der Waals surface area contributed by atoms with E-state index in [-0.39, 0.29) is 0 Å². The summed E-state index contributed by atoms with van der Waals surface area (Å²) in [5, 5.41) is 0.850. The number of fused-ring (bicyclic) bond motifs is 1. The Bertz CT molecular complexity index is 453. The first kappa shape index (κ1) is 8.66. The van der Waals surface area contributed by atoms with Crippen molar-refractivity contribution in [2.24, 2.45) is 0 Å². The van der Waals surface area contributed by atoms with E-state index in [4.69, 9.17) is 27.9 Å². The fourth-order valence-corrected chi connectivity index (χ4v) is 1.58. The van der Waals surface area contributed by atoms with Gasteiger partial charge in [-0.3, -0.25) is 0 Å².